The Hall–Kier alpha value is -1.26. The van der Waals surface area contributed by atoms with Crippen molar-refractivity contribution in [3.05, 3.63) is 0 Å². The quantitative estimate of drug-likeness (QED) is 0.274. The lowest BCUT2D eigenvalue weighted by Gasteiger charge is -2.09. The molecule has 4 atom stereocenters. The summed E-state index contributed by atoms with van der Waals surface area (Å²) in [5, 5.41) is 37.1. The van der Waals surface area contributed by atoms with Crippen LogP contribution in [-0.2, 0) is 9.59 Å². The SMILES string of the molecule is NCC(O)CCC(N)C(=O)O.O=C(O)C1CC(O)CN1. The van der Waals surface area contributed by atoms with Gasteiger partial charge in [0.15, 0.2) is 0 Å². The van der Waals surface area contributed by atoms with Crippen LogP contribution in [0.5, 0.6) is 0 Å². The number of carbonyl (C=O) groups is 2. The molecular weight excluding hydrogens is 270 g/mol. The summed E-state index contributed by atoms with van der Waals surface area (Å²) in [7, 11) is 0. The number of aliphatic hydroxyl groups is 2. The first kappa shape index (κ1) is 18.7. The molecule has 1 heterocycles. The molecule has 118 valence electrons. The summed E-state index contributed by atoms with van der Waals surface area (Å²) in [6, 6.07) is -1.43. The molecule has 1 rings (SSSR count). The van der Waals surface area contributed by atoms with Crippen LogP contribution in [0, 0.1) is 0 Å². The second-order valence-corrected chi connectivity index (χ2v) is 4.60. The van der Waals surface area contributed by atoms with Crippen LogP contribution in [-0.4, -0.2) is 69.7 Å². The Kier molecular flexibility index (Phi) is 9.01. The van der Waals surface area contributed by atoms with E-state index in [1.807, 2.05) is 0 Å². The Balaban J connectivity index is 0.000000367. The fourth-order valence-corrected chi connectivity index (χ4v) is 1.52. The Morgan fingerprint density at radius 1 is 1.30 bits per heavy atom. The van der Waals surface area contributed by atoms with Crippen molar-refractivity contribution in [2.75, 3.05) is 13.1 Å². The molecule has 1 aliphatic rings. The first-order valence-corrected chi connectivity index (χ1v) is 6.28. The number of carboxylic acid groups (broad SMARTS) is 2. The fraction of sp³-hybridized carbons (Fsp3) is 0.818. The van der Waals surface area contributed by atoms with Crippen molar-refractivity contribution in [2.24, 2.45) is 11.5 Å². The average molecular weight is 293 g/mol. The number of nitrogens with two attached hydrogens (primary N) is 2. The third-order valence-corrected chi connectivity index (χ3v) is 2.81. The number of hydrogen-bond acceptors (Lipinski definition) is 7. The van der Waals surface area contributed by atoms with Crippen LogP contribution in [0.1, 0.15) is 19.3 Å². The molecular formula is C11H23N3O6. The van der Waals surface area contributed by atoms with E-state index in [1.54, 1.807) is 0 Å². The van der Waals surface area contributed by atoms with E-state index in [0.717, 1.165) is 0 Å². The fourth-order valence-electron chi connectivity index (χ4n) is 1.52. The summed E-state index contributed by atoms with van der Waals surface area (Å²) < 4.78 is 0. The zero-order valence-electron chi connectivity index (χ0n) is 11.1. The van der Waals surface area contributed by atoms with Gasteiger partial charge in [-0.1, -0.05) is 0 Å². The van der Waals surface area contributed by atoms with Gasteiger partial charge in [0.2, 0.25) is 0 Å². The molecule has 1 fully saturated rings. The second kappa shape index (κ2) is 9.61. The van der Waals surface area contributed by atoms with Crippen LogP contribution in [0.25, 0.3) is 0 Å². The minimum atomic E-state index is -1.05. The maximum atomic E-state index is 10.2. The largest absolute Gasteiger partial charge is 0.480 e. The normalized spacial score (nSPS) is 24.4. The van der Waals surface area contributed by atoms with Crippen LogP contribution in [0.4, 0.5) is 0 Å². The van der Waals surface area contributed by atoms with Crippen molar-refractivity contribution in [1.82, 2.24) is 5.32 Å². The van der Waals surface area contributed by atoms with Gasteiger partial charge in [0.25, 0.3) is 0 Å². The lowest BCUT2D eigenvalue weighted by Crippen LogP contribution is -2.32. The number of aliphatic hydroxyl groups excluding tert-OH is 2. The molecule has 0 aromatic heterocycles. The molecule has 9 heteroatoms. The summed E-state index contributed by atoms with van der Waals surface area (Å²) in [5.74, 6) is -1.93. The van der Waals surface area contributed by atoms with Gasteiger partial charge in [0.05, 0.1) is 12.2 Å². The van der Waals surface area contributed by atoms with E-state index in [-0.39, 0.29) is 13.0 Å². The number of aliphatic carboxylic acids is 2. The smallest absolute Gasteiger partial charge is 0.320 e. The molecule has 9 N–H and O–H groups in total. The van der Waals surface area contributed by atoms with E-state index in [4.69, 9.17) is 31.9 Å². The lowest BCUT2D eigenvalue weighted by molar-refractivity contribution is -0.140. The van der Waals surface area contributed by atoms with Gasteiger partial charge in [-0.05, 0) is 12.8 Å². The van der Waals surface area contributed by atoms with Crippen molar-refractivity contribution in [3.63, 3.8) is 0 Å². The van der Waals surface area contributed by atoms with Crippen molar-refractivity contribution < 1.29 is 30.0 Å². The van der Waals surface area contributed by atoms with E-state index in [1.165, 1.54) is 0 Å². The van der Waals surface area contributed by atoms with Gasteiger partial charge >= 0.3 is 11.9 Å². The summed E-state index contributed by atoms with van der Waals surface area (Å²) in [6.45, 7) is 0.545. The van der Waals surface area contributed by atoms with Crippen LogP contribution in [0.15, 0.2) is 0 Å². The first-order valence-electron chi connectivity index (χ1n) is 6.28. The molecule has 0 radical (unpaired) electrons. The van der Waals surface area contributed by atoms with E-state index in [2.05, 4.69) is 5.32 Å². The van der Waals surface area contributed by atoms with Gasteiger partial charge in [0.1, 0.15) is 12.1 Å². The molecule has 0 bridgehead atoms. The minimum Gasteiger partial charge on any atom is -0.480 e. The monoisotopic (exact) mass is 293 g/mol. The standard InChI is InChI=1S/C6H14N2O3.C5H9NO3/c7-3-4(9)1-2-5(8)6(10)11;7-3-1-4(5(8)9)6-2-3/h4-5,9H,1-3,7-8H2,(H,10,11);3-4,6-7H,1-2H2,(H,8,9). The Morgan fingerprint density at radius 3 is 2.20 bits per heavy atom. The van der Waals surface area contributed by atoms with Crippen LogP contribution in [0.3, 0.4) is 0 Å². The highest BCUT2D eigenvalue weighted by Gasteiger charge is 2.27. The molecule has 0 aromatic rings. The lowest BCUT2D eigenvalue weighted by atomic mass is 10.1. The Labute approximate surface area is 116 Å². The predicted octanol–water partition coefficient (Wildman–Crippen LogP) is -2.71. The van der Waals surface area contributed by atoms with Crippen molar-refractivity contribution >= 4 is 11.9 Å². The zero-order chi connectivity index (χ0) is 15.7. The molecule has 0 saturated carbocycles. The highest BCUT2D eigenvalue weighted by atomic mass is 16.4. The molecule has 4 unspecified atom stereocenters. The molecule has 0 aromatic carbocycles. The maximum Gasteiger partial charge on any atom is 0.320 e. The van der Waals surface area contributed by atoms with Crippen molar-refractivity contribution in [1.29, 1.82) is 0 Å². The number of rotatable bonds is 6. The number of hydrogen-bond donors (Lipinski definition) is 7. The molecule has 1 aliphatic heterocycles. The van der Waals surface area contributed by atoms with E-state index < -0.39 is 36.2 Å². The predicted molar refractivity (Wildman–Crippen MR) is 70.0 cm³/mol. The van der Waals surface area contributed by atoms with E-state index in [0.29, 0.717) is 19.4 Å². The van der Waals surface area contributed by atoms with Gasteiger partial charge in [0, 0.05) is 19.5 Å². The minimum absolute atomic E-state index is 0.145. The maximum absolute atomic E-state index is 10.2. The average Bonchev–Trinajstić information content (AvgIpc) is 2.83. The van der Waals surface area contributed by atoms with Gasteiger partial charge in [-0.2, -0.15) is 0 Å². The summed E-state index contributed by atoms with van der Waals surface area (Å²) in [5.41, 5.74) is 10.3. The van der Waals surface area contributed by atoms with Crippen LogP contribution < -0.4 is 16.8 Å². The number of β-amino-alcohol motifs (C(OH)–C–C–N with tert-alkyl or cyclic N) is 1. The van der Waals surface area contributed by atoms with Crippen LogP contribution >= 0.6 is 0 Å². The first-order chi connectivity index (χ1) is 9.27. The highest BCUT2D eigenvalue weighted by molar-refractivity contribution is 5.74. The molecule has 9 nitrogen and oxygen atoms in total. The van der Waals surface area contributed by atoms with Crippen molar-refractivity contribution in [2.45, 2.75) is 43.6 Å². The van der Waals surface area contributed by atoms with E-state index >= 15 is 0 Å². The summed E-state index contributed by atoms with van der Waals surface area (Å²) in [6.07, 6.45) is -0.195. The summed E-state index contributed by atoms with van der Waals surface area (Å²) in [4.78, 5) is 20.3. The number of carboxylic acids is 2. The van der Waals surface area contributed by atoms with E-state index in [9.17, 15) is 9.59 Å². The molecule has 20 heavy (non-hydrogen) atoms. The molecule has 0 amide bonds. The highest BCUT2D eigenvalue weighted by Crippen LogP contribution is 2.05. The Bertz CT molecular complexity index is 315. The molecule has 1 saturated heterocycles. The Morgan fingerprint density at radius 2 is 1.90 bits per heavy atom. The third kappa shape index (κ3) is 8.02. The van der Waals surface area contributed by atoms with Gasteiger partial charge < -0.3 is 37.2 Å². The zero-order valence-corrected chi connectivity index (χ0v) is 11.1. The molecule has 0 aliphatic carbocycles. The topological polar surface area (TPSA) is 179 Å². The van der Waals surface area contributed by atoms with Crippen molar-refractivity contribution in [3.8, 4) is 0 Å². The number of nitrogens with one attached hydrogen (secondary N) is 1. The second-order valence-electron chi connectivity index (χ2n) is 4.60. The van der Waals surface area contributed by atoms with Crippen LogP contribution in [0.2, 0.25) is 0 Å². The molecule has 0 spiro atoms. The van der Waals surface area contributed by atoms with Gasteiger partial charge in [-0.15, -0.1) is 0 Å². The summed E-state index contributed by atoms with van der Waals surface area (Å²) >= 11 is 0. The van der Waals surface area contributed by atoms with Gasteiger partial charge in [-0.3, -0.25) is 9.59 Å². The van der Waals surface area contributed by atoms with Gasteiger partial charge in [-0.25, -0.2) is 0 Å². The third-order valence-electron chi connectivity index (χ3n) is 2.81.